The molecule has 11 heavy (non-hydrogen) atoms. The molecule has 0 fully saturated rings. The summed E-state index contributed by atoms with van der Waals surface area (Å²) in [6.07, 6.45) is -0.650. The van der Waals surface area contributed by atoms with E-state index in [9.17, 15) is 9.59 Å². The van der Waals surface area contributed by atoms with Gasteiger partial charge < -0.3 is 15.4 Å². The topological polar surface area (TPSA) is 100 Å². The molecule has 6 nitrogen and oxygen atoms in total. The van der Waals surface area contributed by atoms with Gasteiger partial charge in [0.05, 0.1) is 7.11 Å². The van der Waals surface area contributed by atoms with Crippen molar-refractivity contribution in [2.75, 3.05) is 7.11 Å². The first-order valence-corrected chi connectivity index (χ1v) is 2.62. The molecule has 0 aromatic rings. The van der Waals surface area contributed by atoms with Crippen molar-refractivity contribution in [3.05, 3.63) is 5.53 Å². The van der Waals surface area contributed by atoms with Crippen LogP contribution in [0.15, 0.2) is 0 Å². The SMILES string of the molecule is COC(=O)C(CC(=O)O)=[N+]=[N-]. The summed E-state index contributed by atoms with van der Waals surface area (Å²) in [6, 6.07) is 0. The molecule has 0 aliphatic heterocycles. The van der Waals surface area contributed by atoms with Crippen LogP contribution >= 0.6 is 0 Å². The molecule has 0 bridgehead atoms. The zero-order valence-corrected chi connectivity index (χ0v) is 5.77. The van der Waals surface area contributed by atoms with E-state index in [1.165, 1.54) is 0 Å². The van der Waals surface area contributed by atoms with E-state index in [1.54, 1.807) is 0 Å². The molecule has 0 saturated carbocycles. The Morgan fingerprint density at radius 2 is 2.18 bits per heavy atom. The van der Waals surface area contributed by atoms with Crippen LogP contribution in [-0.4, -0.2) is 34.7 Å². The van der Waals surface area contributed by atoms with E-state index in [2.05, 4.69) is 9.53 Å². The van der Waals surface area contributed by atoms with E-state index in [1.807, 2.05) is 0 Å². The van der Waals surface area contributed by atoms with Crippen LogP contribution in [0.5, 0.6) is 0 Å². The molecule has 0 spiro atoms. The highest BCUT2D eigenvalue weighted by Crippen LogP contribution is 1.85. The Morgan fingerprint density at radius 1 is 1.64 bits per heavy atom. The Balaban J connectivity index is 4.32. The van der Waals surface area contributed by atoms with Crippen LogP contribution in [0.1, 0.15) is 6.42 Å². The van der Waals surface area contributed by atoms with Gasteiger partial charge in [0.25, 0.3) is 0 Å². The molecule has 0 aliphatic carbocycles. The number of esters is 1. The minimum Gasteiger partial charge on any atom is -0.481 e. The van der Waals surface area contributed by atoms with Gasteiger partial charge in [0.15, 0.2) is 6.42 Å². The summed E-state index contributed by atoms with van der Waals surface area (Å²) in [6.45, 7) is 0. The van der Waals surface area contributed by atoms with Gasteiger partial charge in [0.1, 0.15) is 0 Å². The number of carboxylic acid groups (broad SMARTS) is 1. The lowest BCUT2D eigenvalue weighted by Gasteiger charge is -1.89. The molecule has 6 heteroatoms. The number of carbonyl (C=O) groups excluding carboxylic acids is 1. The summed E-state index contributed by atoms with van der Waals surface area (Å²) < 4.78 is 4.11. The fourth-order valence-corrected chi connectivity index (χ4v) is 0.409. The van der Waals surface area contributed by atoms with Crippen LogP contribution < -0.4 is 0 Å². The number of hydrogen-bond acceptors (Lipinski definition) is 3. The van der Waals surface area contributed by atoms with Gasteiger partial charge in [-0.15, -0.1) is 0 Å². The van der Waals surface area contributed by atoms with Gasteiger partial charge >= 0.3 is 17.7 Å². The smallest absolute Gasteiger partial charge is 0.417 e. The number of nitrogens with zero attached hydrogens (tertiary/aromatic N) is 2. The zero-order valence-electron chi connectivity index (χ0n) is 5.77. The van der Waals surface area contributed by atoms with Crippen LogP contribution in [0.3, 0.4) is 0 Å². The number of rotatable bonds is 3. The molecule has 0 rings (SSSR count). The highest BCUT2D eigenvalue weighted by atomic mass is 16.5. The van der Waals surface area contributed by atoms with E-state index >= 15 is 0 Å². The lowest BCUT2D eigenvalue weighted by atomic mass is 10.3. The van der Waals surface area contributed by atoms with E-state index in [-0.39, 0.29) is 0 Å². The Labute approximate surface area is 62.0 Å². The van der Waals surface area contributed by atoms with E-state index < -0.39 is 24.1 Å². The van der Waals surface area contributed by atoms with Crippen LogP contribution in [0, 0.1) is 0 Å². The van der Waals surface area contributed by atoms with E-state index in [0.717, 1.165) is 7.11 Å². The molecule has 0 heterocycles. The summed E-state index contributed by atoms with van der Waals surface area (Å²) in [4.78, 5) is 23.0. The molecule has 0 saturated heterocycles. The summed E-state index contributed by atoms with van der Waals surface area (Å²) in [5.74, 6) is -2.21. The fraction of sp³-hybridized carbons (Fsp3) is 0.400. The van der Waals surface area contributed by atoms with E-state index in [4.69, 9.17) is 10.6 Å². The third kappa shape index (κ3) is 3.12. The van der Waals surface area contributed by atoms with Gasteiger partial charge in [0.2, 0.25) is 0 Å². The largest absolute Gasteiger partial charge is 0.481 e. The summed E-state index contributed by atoms with van der Waals surface area (Å²) >= 11 is 0. The second-order valence-electron chi connectivity index (χ2n) is 1.61. The molecule has 0 unspecified atom stereocenters. The quantitative estimate of drug-likeness (QED) is 0.254. The van der Waals surface area contributed by atoms with Crippen LogP contribution in [0.4, 0.5) is 0 Å². The van der Waals surface area contributed by atoms with Gasteiger partial charge in [-0.1, -0.05) is 0 Å². The molecular formula is C5H6N2O4. The maximum absolute atomic E-state index is 10.5. The molecule has 0 aliphatic rings. The maximum atomic E-state index is 10.5. The molecule has 60 valence electrons. The standard InChI is InChI=1S/C5H6N2O4/c1-11-5(10)3(7-6)2-4(8)9/h2H2,1H3,(H,8,9). The third-order valence-electron chi connectivity index (χ3n) is 0.860. The molecule has 0 atom stereocenters. The van der Waals surface area contributed by atoms with Crippen molar-refractivity contribution < 1.29 is 24.2 Å². The summed E-state index contributed by atoms with van der Waals surface area (Å²) in [5, 5.41) is 8.16. The first kappa shape index (κ1) is 9.32. The third-order valence-corrected chi connectivity index (χ3v) is 0.860. The predicted molar refractivity (Wildman–Crippen MR) is 32.9 cm³/mol. The summed E-state index contributed by atoms with van der Waals surface area (Å²) in [7, 11) is 1.06. The highest BCUT2D eigenvalue weighted by Gasteiger charge is 2.23. The predicted octanol–water partition coefficient (Wildman–Crippen LogP) is -0.695. The molecule has 0 radical (unpaired) electrons. The van der Waals surface area contributed by atoms with Crippen molar-refractivity contribution in [2.24, 2.45) is 0 Å². The first-order chi connectivity index (χ1) is 5.11. The number of carboxylic acids is 1. The van der Waals surface area contributed by atoms with Gasteiger partial charge in [-0.05, 0) is 0 Å². The molecule has 1 N–H and O–H groups in total. The van der Waals surface area contributed by atoms with Crippen LogP contribution in [0.2, 0.25) is 0 Å². The molecule has 0 aromatic carbocycles. The summed E-state index contributed by atoms with van der Waals surface area (Å²) in [5.41, 5.74) is 7.57. The Kier molecular flexibility index (Phi) is 3.55. The van der Waals surface area contributed by atoms with Gasteiger partial charge in [-0.3, -0.25) is 4.79 Å². The van der Waals surface area contributed by atoms with Gasteiger partial charge in [0, 0.05) is 0 Å². The van der Waals surface area contributed by atoms with Crippen molar-refractivity contribution >= 4 is 17.7 Å². The Hall–Kier alpha value is -1.68. The maximum Gasteiger partial charge on any atom is 0.417 e. The highest BCUT2D eigenvalue weighted by molar-refractivity contribution is 6.36. The normalized spacial score (nSPS) is 8.09. The fourth-order valence-electron chi connectivity index (χ4n) is 0.409. The van der Waals surface area contributed by atoms with Crippen molar-refractivity contribution in [3.63, 3.8) is 0 Å². The second kappa shape index (κ2) is 4.19. The average Bonchev–Trinajstić information content (AvgIpc) is 1.98. The van der Waals surface area contributed by atoms with E-state index in [0.29, 0.717) is 0 Å². The molecule has 0 aromatic heterocycles. The number of aliphatic carboxylic acids is 1. The number of ether oxygens (including phenoxy) is 1. The Morgan fingerprint density at radius 3 is 2.45 bits per heavy atom. The van der Waals surface area contributed by atoms with Crippen molar-refractivity contribution in [3.8, 4) is 0 Å². The molecule has 0 amide bonds. The van der Waals surface area contributed by atoms with Crippen LogP contribution in [-0.2, 0) is 14.3 Å². The Bertz CT molecular complexity index is 229. The zero-order chi connectivity index (χ0) is 8.85. The second-order valence-corrected chi connectivity index (χ2v) is 1.61. The van der Waals surface area contributed by atoms with Gasteiger partial charge in [-0.25, -0.2) is 4.79 Å². The minimum absolute atomic E-state index is 0.528. The average molecular weight is 158 g/mol. The van der Waals surface area contributed by atoms with Crippen molar-refractivity contribution in [1.29, 1.82) is 0 Å². The number of hydrogen-bond donors (Lipinski definition) is 1. The van der Waals surface area contributed by atoms with Crippen molar-refractivity contribution in [2.45, 2.75) is 6.42 Å². The lowest BCUT2D eigenvalue weighted by Crippen LogP contribution is -2.20. The number of methoxy groups -OCH3 is 1. The monoisotopic (exact) mass is 158 g/mol. The van der Waals surface area contributed by atoms with Crippen LogP contribution in [0.25, 0.3) is 5.53 Å². The lowest BCUT2D eigenvalue weighted by molar-refractivity contribution is -0.142. The molecular weight excluding hydrogens is 152 g/mol. The van der Waals surface area contributed by atoms with Gasteiger partial charge in [-0.2, -0.15) is 4.79 Å². The van der Waals surface area contributed by atoms with Crippen molar-refractivity contribution in [1.82, 2.24) is 0 Å². The minimum atomic E-state index is -1.26. The number of carbonyl (C=O) groups is 2. The first-order valence-electron chi connectivity index (χ1n) is 2.62.